The molecule has 0 bridgehead atoms. The molecular weight excluding hydrogens is 575 g/mol. The SMILES string of the molecule is C=C(CSC(=S)OCC)C(C(=O)OC)N1C(=O)C(NC(=O)Cc2ccccc2)C1Sc1nc2ccccc2s1. The zero-order valence-corrected chi connectivity index (χ0v) is 24.6. The van der Waals surface area contributed by atoms with Crippen LogP contribution in [0.3, 0.4) is 0 Å². The lowest BCUT2D eigenvalue weighted by Crippen LogP contribution is -2.73. The molecule has 1 aliphatic rings. The van der Waals surface area contributed by atoms with Gasteiger partial charge in [-0.3, -0.25) is 9.59 Å². The molecule has 3 atom stereocenters. The van der Waals surface area contributed by atoms with E-state index in [1.807, 2.05) is 61.5 Å². The lowest BCUT2D eigenvalue weighted by molar-refractivity contribution is -0.161. The van der Waals surface area contributed by atoms with Gasteiger partial charge in [0.2, 0.25) is 16.2 Å². The normalized spacial score (nSPS) is 17.3. The summed E-state index contributed by atoms with van der Waals surface area (Å²) in [6.07, 6.45) is 0.127. The van der Waals surface area contributed by atoms with E-state index in [9.17, 15) is 14.4 Å². The van der Waals surface area contributed by atoms with Gasteiger partial charge in [0.05, 0.1) is 30.4 Å². The highest BCUT2D eigenvalue weighted by Crippen LogP contribution is 2.41. The van der Waals surface area contributed by atoms with E-state index in [1.54, 1.807) is 0 Å². The molecule has 8 nitrogen and oxygen atoms in total. The molecule has 204 valence electrons. The van der Waals surface area contributed by atoms with Crippen LogP contribution in [0.15, 0.2) is 71.1 Å². The van der Waals surface area contributed by atoms with Crippen LogP contribution >= 0.6 is 47.1 Å². The number of thioether (sulfide) groups is 2. The molecule has 0 spiro atoms. The van der Waals surface area contributed by atoms with Crippen molar-refractivity contribution in [2.45, 2.75) is 35.1 Å². The van der Waals surface area contributed by atoms with Crippen molar-refractivity contribution >= 4 is 79.5 Å². The highest BCUT2D eigenvalue weighted by molar-refractivity contribution is 8.22. The van der Waals surface area contributed by atoms with Crippen molar-refractivity contribution in [3.63, 3.8) is 0 Å². The second kappa shape index (κ2) is 13.4. The summed E-state index contributed by atoms with van der Waals surface area (Å²) in [6, 6.07) is 15.1. The van der Waals surface area contributed by atoms with Crippen molar-refractivity contribution in [1.29, 1.82) is 0 Å². The molecule has 0 aliphatic carbocycles. The molecule has 3 aromatic rings. The molecule has 1 N–H and O–H groups in total. The molecule has 1 saturated heterocycles. The van der Waals surface area contributed by atoms with E-state index < -0.39 is 29.3 Å². The Morgan fingerprint density at radius 2 is 1.92 bits per heavy atom. The summed E-state index contributed by atoms with van der Waals surface area (Å²) in [5.74, 6) is -1.06. The van der Waals surface area contributed by atoms with Crippen molar-refractivity contribution in [2.75, 3.05) is 19.5 Å². The number of esters is 1. The molecule has 12 heteroatoms. The largest absolute Gasteiger partial charge is 0.479 e. The summed E-state index contributed by atoms with van der Waals surface area (Å²) < 4.78 is 12.4. The maximum atomic E-state index is 13.5. The highest BCUT2D eigenvalue weighted by atomic mass is 32.2. The van der Waals surface area contributed by atoms with E-state index in [-0.39, 0.29) is 18.1 Å². The number of ether oxygens (including phenoxy) is 2. The third-order valence-electron chi connectivity index (χ3n) is 5.83. The number of rotatable bonds is 11. The Morgan fingerprint density at radius 1 is 1.21 bits per heavy atom. The minimum Gasteiger partial charge on any atom is -0.479 e. The molecule has 1 fully saturated rings. The van der Waals surface area contributed by atoms with Crippen molar-refractivity contribution in [1.82, 2.24) is 15.2 Å². The molecule has 1 aliphatic heterocycles. The van der Waals surface area contributed by atoms with E-state index in [2.05, 4.69) is 16.9 Å². The number of hydrogen-bond acceptors (Lipinski definition) is 10. The lowest BCUT2D eigenvalue weighted by atomic mass is 9.99. The minimum absolute atomic E-state index is 0.127. The van der Waals surface area contributed by atoms with Gasteiger partial charge in [0.15, 0.2) is 10.4 Å². The molecule has 4 rings (SSSR count). The van der Waals surface area contributed by atoms with Crippen LogP contribution in [0.5, 0.6) is 0 Å². The monoisotopic (exact) mass is 601 g/mol. The van der Waals surface area contributed by atoms with Crippen molar-refractivity contribution < 1.29 is 23.9 Å². The summed E-state index contributed by atoms with van der Waals surface area (Å²) in [6.45, 7) is 6.32. The van der Waals surface area contributed by atoms with Crippen LogP contribution in [0.4, 0.5) is 0 Å². The van der Waals surface area contributed by atoms with Crippen LogP contribution in [0.2, 0.25) is 0 Å². The van der Waals surface area contributed by atoms with Crippen LogP contribution in [0.1, 0.15) is 12.5 Å². The second-order valence-electron chi connectivity index (χ2n) is 8.46. The average molecular weight is 602 g/mol. The first-order chi connectivity index (χ1) is 18.8. The molecule has 2 amide bonds. The number of thiocarbonyl (C=S) groups is 1. The first-order valence-electron chi connectivity index (χ1n) is 12.0. The van der Waals surface area contributed by atoms with E-state index in [0.717, 1.165) is 15.8 Å². The number of fused-ring (bicyclic) bond motifs is 1. The Balaban J connectivity index is 1.58. The summed E-state index contributed by atoms with van der Waals surface area (Å²) in [7, 11) is 1.26. The maximum absolute atomic E-state index is 13.5. The van der Waals surface area contributed by atoms with Crippen LogP contribution < -0.4 is 5.32 Å². The Bertz CT molecular complexity index is 1350. The Hall–Kier alpha value is -2.93. The molecule has 3 unspecified atom stereocenters. The van der Waals surface area contributed by atoms with Gasteiger partial charge in [0.25, 0.3) is 0 Å². The zero-order chi connectivity index (χ0) is 27.9. The third kappa shape index (κ3) is 6.99. The van der Waals surface area contributed by atoms with Crippen molar-refractivity contribution in [3.05, 3.63) is 72.3 Å². The summed E-state index contributed by atoms with van der Waals surface area (Å²) in [4.78, 5) is 45.4. The van der Waals surface area contributed by atoms with Crippen molar-refractivity contribution in [3.8, 4) is 0 Å². The van der Waals surface area contributed by atoms with Gasteiger partial charge in [-0.25, -0.2) is 9.78 Å². The average Bonchev–Trinajstić information content (AvgIpc) is 3.35. The predicted octanol–water partition coefficient (Wildman–Crippen LogP) is 4.44. The summed E-state index contributed by atoms with van der Waals surface area (Å²) >= 11 is 9.21. The zero-order valence-electron chi connectivity index (χ0n) is 21.3. The molecule has 0 saturated carbocycles. The smallest absolute Gasteiger partial charge is 0.332 e. The van der Waals surface area contributed by atoms with Crippen LogP contribution in [0.25, 0.3) is 10.2 Å². The van der Waals surface area contributed by atoms with Gasteiger partial charge in [-0.05, 0) is 42.4 Å². The molecule has 39 heavy (non-hydrogen) atoms. The predicted molar refractivity (Wildman–Crippen MR) is 160 cm³/mol. The lowest BCUT2D eigenvalue weighted by Gasteiger charge is -2.49. The standard InChI is InChI=1S/C27H27N3O5S4/c1-4-35-27(36)37-15-16(2)22(25(33)34-3)30-23(32)21(29-20(31)14-17-10-6-5-7-11-17)24(30)39-26-28-18-12-8-9-13-19(18)38-26/h5-13,21-22,24H,2,4,14-15H2,1,3H3,(H,29,31). The van der Waals surface area contributed by atoms with E-state index in [4.69, 9.17) is 21.7 Å². The highest BCUT2D eigenvalue weighted by Gasteiger charge is 2.54. The number of thiazole rings is 1. The number of carbonyl (C=O) groups is 3. The second-order valence-corrected chi connectivity index (χ2v) is 12.4. The first-order valence-corrected chi connectivity index (χ1v) is 15.1. The number of nitrogens with one attached hydrogen (secondary N) is 1. The van der Waals surface area contributed by atoms with Crippen LogP contribution in [0, 0.1) is 0 Å². The number of hydrogen-bond donors (Lipinski definition) is 1. The topological polar surface area (TPSA) is 97.8 Å². The van der Waals surface area contributed by atoms with E-state index >= 15 is 0 Å². The van der Waals surface area contributed by atoms with E-state index in [1.165, 1.54) is 46.9 Å². The maximum Gasteiger partial charge on any atom is 0.332 e. The van der Waals surface area contributed by atoms with Gasteiger partial charge < -0.3 is 19.7 Å². The minimum atomic E-state index is -1.06. The van der Waals surface area contributed by atoms with Crippen LogP contribution in [-0.2, 0) is 30.3 Å². The number of methoxy groups -OCH3 is 1. The molecule has 2 heterocycles. The molecule has 0 radical (unpaired) electrons. The van der Waals surface area contributed by atoms with Crippen LogP contribution in [-0.4, -0.2) is 69.0 Å². The fourth-order valence-electron chi connectivity index (χ4n) is 4.01. The first kappa shape index (κ1) is 29.1. The Labute approximate surface area is 244 Å². The molecule has 1 aromatic heterocycles. The van der Waals surface area contributed by atoms with Gasteiger partial charge in [0, 0.05) is 5.75 Å². The van der Waals surface area contributed by atoms with Gasteiger partial charge >= 0.3 is 5.97 Å². The van der Waals surface area contributed by atoms with Gasteiger partial charge in [-0.15, -0.1) is 11.3 Å². The number of amides is 2. The fraction of sp³-hybridized carbons (Fsp3) is 0.296. The summed E-state index contributed by atoms with van der Waals surface area (Å²) in [5.41, 5.74) is 2.10. The quantitative estimate of drug-likeness (QED) is 0.148. The Kier molecular flexibility index (Phi) is 10.0. The third-order valence-corrected chi connectivity index (χ3v) is 9.57. The van der Waals surface area contributed by atoms with Crippen molar-refractivity contribution in [2.24, 2.45) is 0 Å². The summed E-state index contributed by atoms with van der Waals surface area (Å²) in [5, 5.41) is 2.26. The number of aromatic nitrogens is 1. The van der Waals surface area contributed by atoms with E-state index in [0.29, 0.717) is 20.9 Å². The number of carbonyl (C=O) groups excluding carboxylic acids is 3. The van der Waals surface area contributed by atoms with Gasteiger partial charge in [-0.1, -0.05) is 72.6 Å². The molecule has 2 aromatic carbocycles. The number of likely N-dealkylation sites (tertiary alicyclic amines) is 1. The number of para-hydroxylation sites is 1. The number of nitrogens with zero attached hydrogens (tertiary/aromatic N) is 2. The fourth-order valence-corrected chi connectivity index (χ4v) is 7.44. The number of β-lactam (4-membered cyclic amide) rings is 1. The van der Waals surface area contributed by atoms with Gasteiger partial charge in [-0.2, -0.15) is 0 Å². The van der Waals surface area contributed by atoms with Gasteiger partial charge in [0.1, 0.15) is 11.4 Å². The Morgan fingerprint density at radius 3 is 2.62 bits per heavy atom. The number of benzene rings is 2. The molecular formula is C27H27N3O5S4.